The van der Waals surface area contributed by atoms with Crippen LogP contribution in [0, 0.1) is 6.92 Å². The highest BCUT2D eigenvalue weighted by Gasteiger charge is 2.09. The van der Waals surface area contributed by atoms with Gasteiger partial charge in [0.2, 0.25) is 0 Å². The smallest absolute Gasteiger partial charge is 0.109 e. The van der Waals surface area contributed by atoms with E-state index in [4.69, 9.17) is 23.2 Å². The summed E-state index contributed by atoms with van der Waals surface area (Å²) in [6, 6.07) is 5.46. The van der Waals surface area contributed by atoms with E-state index in [1.165, 1.54) is 0 Å². The molecule has 0 aliphatic carbocycles. The van der Waals surface area contributed by atoms with Gasteiger partial charge in [0, 0.05) is 25.1 Å². The van der Waals surface area contributed by atoms with Gasteiger partial charge in [-0.1, -0.05) is 23.2 Å². The Bertz CT molecular complexity index is 754. The van der Waals surface area contributed by atoms with Gasteiger partial charge in [0.05, 0.1) is 16.4 Å². The fraction of sp³-hybridized carbons (Fsp3) is 0.143. The maximum Gasteiger partial charge on any atom is 0.109 e. The second-order valence-electron chi connectivity index (χ2n) is 4.55. The third-order valence-electron chi connectivity index (χ3n) is 3.15. The van der Waals surface area contributed by atoms with Gasteiger partial charge in [-0.25, -0.2) is 9.97 Å². The summed E-state index contributed by atoms with van der Waals surface area (Å²) in [5, 5.41) is 1.06. The lowest BCUT2D eigenvalue weighted by Gasteiger charge is -2.03. The maximum absolute atomic E-state index is 6.03. The van der Waals surface area contributed by atoms with Crippen LogP contribution in [-0.2, 0) is 7.05 Å². The zero-order valence-electron chi connectivity index (χ0n) is 11.0. The molecule has 0 aliphatic heterocycles. The molecule has 0 saturated heterocycles. The van der Waals surface area contributed by atoms with E-state index in [2.05, 4.69) is 9.97 Å². The van der Waals surface area contributed by atoms with Gasteiger partial charge in [0.1, 0.15) is 17.2 Å². The molecule has 20 heavy (non-hydrogen) atoms. The van der Waals surface area contributed by atoms with E-state index in [1.807, 2.05) is 41.6 Å². The van der Waals surface area contributed by atoms with E-state index in [9.17, 15) is 0 Å². The number of imidazole rings is 2. The van der Waals surface area contributed by atoms with Crippen molar-refractivity contribution < 1.29 is 0 Å². The number of halogens is 2. The first-order valence-electron chi connectivity index (χ1n) is 6.04. The van der Waals surface area contributed by atoms with Crippen molar-refractivity contribution in [1.29, 1.82) is 0 Å². The van der Waals surface area contributed by atoms with Crippen LogP contribution in [-0.4, -0.2) is 19.1 Å². The molecular formula is C14H12Cl2N4. The van der Waals surface area contributed by atoms with Crippen LogP contribution in [0.3, 0.4) is 0 Å². The molecule has 0 amide bonds. The molecule has 2 heterocycles. The number of aryl methyl sites for hydroxylation is 2. The fourth-order valence-corrected chi connectivity index (χ4v) is 2.22. The number of rotatable bonds is 2. The Kier molecular flexibility index (Phi) is 3.28. The minimum Gasteiger partial charge on any atom is -0.338 e. The SMILES string of the molecule is Cc1nc(-c2cn(-c3ccc(Cl)c(Cl)c3)cn2)cn1C. The fourth-order valence-electron chi connectivity index (χ4n) is 1.92. The average molecular weight is 307 g/mol. The highest BCUT2D eigenvalue weighted by atomic mass is 35.5. The molecule has 0 unspecified atom stereocenters. The van der Waals surface area contributed by atoms with Crippen molar-refractivity contribution in [2.75, 3.05) is 0 Å². The molecular weight excluding hydrogens is 295 g/mol. The van der Waals surface area contributed by atoms with Gasteiger partial charge in [-0.05, 0) is 25.1 Å². The minimum atomic E-state index is 0.521. The van der Waals surface area contributed by atoms with E-state index in [0.717, 1.165) is 22.9 Å². The van der Waals surface area contributed by atoms with Crippen LogP contribution < -0.4 is 0 Å². The molecule has 4 nitrogen and oxygen atoms in total. The number of hydrogen-bond acceptors (Lipinski definition) is 2. The zero-order chi connectivity index (χ0) is 14.3. The standard InChI is InChI=1S/C14H12Cl2N4/c1-9-18-14(6-19(9)2)13-7-20(8-17-13)10-3-4-11(15)12(16)5-10/h3-8H,1-2H3. The molecule has 1 aromatic carbocycles. The number of aromatic nitrogens is 4. The molecule has 3 rings (SSSR count). The van der Waals surface area contributed by atoms with Crippen molar-refractivity contribution in [3.63, 3.8) is 0 Å². The van der Waals surface area contributed by atoms with E-state index < -0.39 is 0 Å². The molecule has 0 N–H and O–H groups in total. The van der Waals surface area contributed by atoms with Gasteiger partial charge < -0.3 is 9.13 Å². The summed E-state index contributed by atoms with van der Waals surface area (Å²) in [7, 11) is 1.96. The quantitative estimate of drug-likeness (QED) is 0.720. The molecule has 3 aromatic rings. The van der Waals surface area contributed by atoms with Crippen LogP contribution in [0.25, 0.3) is 17.1 Å². The summed E-state index contributed by atoms with van der Waals surface area (Å²) in [4.78, 5) is 8.84. The largest absolute Gasteiger partial charge is 0.338 e. The monoisotopic (exact) mass is 306 g/mol. The Labute approximate surface area is 126 Å². The van der Waals surface area contributed by atoms with Crippen molar-refractivity contribution in [3.05, 3.63) is 52.8 Å². The first kappa shape index (κ1) is 13.2. The second kappa shape index (κ2) is 4.96. The summed E-state index contributed by atoms with van der Waals surface area (Å²) in [6.07, 6.45) is 5.61. The first-order chi connectivity index (χ1) is 9.54. The van der Waals surface area contributed by atoms with Crippen LogP contribution in [0.2, 0.25) is 10.0 Å². The van der Waals surface area contributed by atoms with Gasteiger partial charge >= 0.3 is 0 Å². The van der Waals surface area contributed by atoms with Crippen molar-refractivity contribution in [2.45, 2.75) is 6.92 Å². The summed E-state index contributed by atoms with van der Waals surface area (Å²) >= 11 is 12.0. The molecule has 0 aliphatic rings. The topological polar surface area (TPSA) is 35.6 Å². The first-order valence-corrected chi connectivity index (χ1v) is 6.80. The van der Waals surface area contributed by atoms with Crippen molar-refractivity contribution in [2.24, 2.45) is 7.05 Å². The lowest BCUT2D eigenvalue weighted by Crippen LogP contribution is -1.89. The summed E-state index contributed by atoms with van der Waals surface area (Å²) in [5.41, 5.74) is 2.58. The van der Waals surface area contributed by atoms with E-state index in [-0.39, 0.29) is 0 Å². The van der Waals surface area contributed by atoms with Crippen molar-refractivity contribution in [1.82, 2.24) is 19.1 Å². The van der Waals surface area contributed by atoms with Crippen LogP contribution in [0.5, 0.6) is 0 Å². The predicted octanol–water partition coefficient (Wildman–Crippen LogP) is 3.89. The van der Waals surface area contributed by atoms with Crippen LogP contribution in [0.1, 0.15) is 5.82 Å². The van der Waals surface area contributed by atoms with E-state index in [1.54, 1.807) is 18.5 Å². The molecule has 0 bridgehead atoms. The third kappa shape index (κ3) is 2.32. The molecule has 6 heteroatoms. The number of benzene rings is 1. The Balaban J connectivity index is 1.99. The highest BCUT2D eigenvalue weighted by Crippen LogP contribution is 2.25. The summed E-state index contributed by atoms with van der Waals surface area (Å²) in [6.45, 7) is 1.96. The van der Waals surface area contributed by atoms with Gasteiger partial charge in [-0.15, -0.1) is 0 Å². The zero-order valence-corrected chi connectivity index (χ0v) is 12.5. The third-order valence-corrected chi connectivity index (χ3v) is 3.89. The Morgan fingerprint density at radius 2 is 1.85 bits per heavy atom. The lowest BCUT2D eigenvalue weighted by molar-refractivity contribution is 0.858. The second-order valence-corrected chi connectivity index (χ2v) is 5.36. The Morgan fingerprint density at radius 1 is 1.05 bits per heavy atom. The molecule has 102 valence electrons. The van der Waals surface area contributed by atoms with Crippen LogP contribution in [0.15, 0.2) is 36.9 Å². The number of nitrogens with zero attached hydrogens (tertiary/aromatic N) is 4. The molecule has 0 saturated carbocycles. The molecule has 0 atom stereocenters. The Hall–Kier alpha value is -1.78. The van der Waals surface area contributed by atoms with E-state index >= 15 is 0 Å². The molecule has 0 fully saturated rings. The lowest BCUT2D eigenvalue weighted by atomic mass is 10.3. The van der Waals surface area contributed by atoms with Crippen molar-refractivity contribution >= 4 is 23.2 Å². The molecule has 0 radical (unpaired) electrons. The normalized spacial score (nSPS) is 11.0. The van der Waals surface area contributed by atoms with Gasteiger partial charge in [0.15, 0.2) is 0 Å². The van der Waals surface area contributed by atoms with E-state index in [0.29, 0.717) is 10.0 Å². The minimum absolute atomic E-state index is 0.521. The van der Waals surface area contributed by atoms with Crippen molar-refractivity contribution in [3.8, 4) is 17.1 Å². The maximum atomic E-state index is 6.03. The summed E-state index contributed by atoms with van der Waals surface area (Å²) in [5.74, 6) is 0.948. The van der Waals surface area contributed by atoms with Crippen LogP contribution in [0.4, 0.5) is 0 Å². The van der Waals surface area contributed by atoms with Crippen LogP contribution >= 0.6 is 23.2 Å². The average Bonchev–Trinajstić information content (AvgIpc) is 3.01. The number of hydrogen-bond donors (Lipinski definition) is 0. The van der Waals surface area contributed by atoms with Gasteiger partial charge in [-0.2, -0.15) is 0 Å². The molecule has 2 aromatic heterocycles. The summed E-state index contributed by atoms with van der Waals surface area (Å²) < 4.78 is 3.86. The van der Waals surface area contributed by atoms with Gasteiger partial charge in [-0.3, -0.25) is 0 Å². The molecule has 0 spiro atoms. The Morgan fingerprint density at radius 3 is 2.50 bits per heavy atom. The van der Waals surface area contributed by atoms with Gasteiger partial charge in [0.25, 0.3) is 0 Å². The predicted molar refractivity (Wildman–Crippen MR) is 80.5 cm³/mol. The highest BCUT2D eigenvalue weighted by molar-refractivity contribution is 6.42.